The van der Waals surface area contributed by atoms with Crippen molar-refractivity contribution in [3.63, 3.8) is 0 Å². The maximum atomic E-state index is 12.8. The lowest BCUT2D eigenvalue weighted by Crippen LogP contribution is -2.45. The molecule has 8 atom stereocenters. The zero-order chi connectivity index (χ0) is 18.1. The molecule has 0 radical (unpaired) electrons. The summed E-state index contributed by atoms with van der Waals surface area (Å²) < 4.78 is 0. The Morgan fingerprint density at radius 1 is 1.12 bits per heavy atom. The second kappa shape index (κ2) is 8.13. The summed E-state index contributed by atoms with van der Waals surface area (Å²) in [4.78, 5) is 18.5. The Bertz CT molecular complexity index is 503. The van der Waals surface area contributed by atoms with Crippen molar-refractivity contribution in [1.29, 1.82) is 0 Å². The van der Waals surface area contributed by atoms with E-state index in [4.69, 9.17) is 4.84 Å². The van der Waals surface area contributed by atoms with Gasteiger partial charge in [-0.3, -0.25) is 14.9 Å². The molecule has 0 spiro atoms. The number of carbonyl (C=O) groups excluding carboxylic acids is 1. The molecule has 3 aliphatic carbocycles. The van der Waals surface area contributed by atoms with Crippen molar-refractivity contribution in [3.05, 3.63) is 0 Å². The topological polar surface area (TPSA) is 82.6 Å². The minimum Gasteiger partial charge on any atom is -0.396 e. The van der Waals surface area contributed by atoms with Crippen LogP contribution in [0, 0.1) is 29.6 Å². The van der Waals surface area contributed by atoms with E-state index in [-0.39, 0.29) is 30.8 Å². The standard InChI is InChI=1S/C20H35N3O3/c1-12-21-20(26-23-12)16-5-7-17-14(10-16)6-8-18(17)22-19(25)15-4-2-3-13(9-15)11-24/h12-18,20-21,23-24H,2-11H2,1H3,(H,22,25)/t12?,13?,14?,15?,16?,17?,18-,20?/m1/s1. The van der Waals surface area contributed by atoms with Crippen molar-refractivity contribution in [2.75, 3.05) is 6.61 Å². The summed E-state index contributed by atoms with van der Waals surface area (Å²) in [6, 6.07) is 0.359. The lowest BCUT2D eigenvalue weighted by Gasteiger charge is -2.37. The molecule has 7 unspecified atom stereocenters. The molecule has 1 saturated heterocycles. The molecule has 0 aromatic carbocycles. The molecular formula is C20H35N3O3. The van der Waals surface area contributed by atoms with Crippen LogP contribution in [-0.4, -0.2) is 36.1 Å². The highest BCUT2D eigenvalue weighted by Gasteiger charge is 2.44. The molecule has 1 amide bonds. The Morgan fingerprint density at radius 2 is 1.96 bits per heavy atom. The summed E-state index contributed by atoms with van der Waals surface area (Å²) in [5, 5.41) is 16.3. The van der Waals surface area contributed by atoms with Crippen molar-refractivity contribution in [1.82, 2.24) is 16.1 Å². The fourth-order valence-electron chi connectivity index (χ4n) is 5.96. The van der Waals surface area contributed by atoms with Crippen molar-refractivity contribution in [3.8, 4) is 0 Å². The minimum atomic E-state index is 0.111. The van der Waals surface area contributed by atoms with Crippen LogP contribution < -0.4 is 16.1 Å². The van der Waals surface area contributed by atoms with Gasteiger partial charge in [0, 0.05) is 24.5 Å². The second-order valence-electron chi connectivity index (χ2n) is 9.15. The van der Waals surface area contributed by atoms with Gasteiger partial charge in [-0.1, -0.05) is 6.42 Å². The monoisotopic (exact) mass is 365 g/mol. The van der Waals surface area contributed by atoms with Gasteiger partial charge in [-0.05, 0) is 76.0 Å². The first-order valence-corrected chi connectivity index (χ1v) is 10.7. The molecule has 4 N–H and O–H groups in total. The molecule has 6 heteroatoms. The number of aliphatic hydroxyl groups is 1. The summed E-state index contributed by atoms with van der Waals surface area (Å²) in [6.45, 7) is 2.31. The van der Waals surface area contributed by atoms with E-state index in [0.717, 1.165) is 38.0 Å². The summed E-state index contributed by atoms with van der Waals surface area (Å²) in [5.41, 5.74) is 3.02. The highest BCUT2D eigenvalue weighted by molar-refractivity contribution is 5.79. The number of rotatable bonds is 4. The number of carbonyl (C=O) groups is 1. The fraction of sp³-hybridized carbons (Fsp3) is 0.950. The number of amides is 1. The Labute approximate surface area is 156 Å². The third-order valence-electron chi connectivity index (χ3n) is 7.40. The predicted octanol–water partition coefficient (Wildman–Crippen LogP) is 1.89. The number of hydrogen-bond donors (Lipinski definition) is 4. The number of nitrogens with one attached hydrogen (secondary N) is 3. The smallest absolute Gasteiger partial charge is 0.223 e. The van der Waals surface area contributed by atoms with Gasteiger partial charge in [-0.2, -0.15) is 5.48 Å². The Balaban J connectivity index is 1.28. The van der Waals surface area contributed by atoms with Gasteiger partial charge in [0.1, 0.15) is 6.23 Å². The van der Waals surface area contributed by atoms with Crippen LogP contribution in [0.25, 0.3) is 0 Å². The lowest BCUT2D eigenvalue weighted by molar-refractivity contribution is -0.127. The number of aliphatic hydroxyl groups excluding tert-OH is 1. The van der Waals surface area contributed by atoms with Crippen LogP contribution in [-0.2, 0) is 9.63 Å². The molecule has 4 rings (SSSR count). The molecule has 0 aromatic heterocycles. The maximum absolute atomic E-state index is 12.8. The van der Waals surface area contributed by atoms with Crippen LogP contribution in [0.2, 0.25) is 0 Å². The SMILES string of the molecule is CC1NOC(C2CCC3C(CC[C@H]3NC(=O)C3CCCC(CO)C3)C2)N1. The van der Waals surface area contributed by atoms with E-state index >= 15 is 0 Å². The van der Waals surface area contributed by atoms with E-state index in [9.17, 15) is 9.90 Å². The van der Waals surface area contributed by atoms with Crippen LogP contribution in [0.5, 0.6) is 0 Å². The number of fused-ring (bicyclic) bond motifs is 1. The summed E-state index contributed by atoms with van der Waals surface area (Å²) >= 11 is 0. The zero-order valence-electron chi connectivity index (χ0n) is 16.0. The zero-order valence-corrected chi connectivity index (χ0v) is 16.0. The summed E-state index contributed by atoms with van der Waals surface area (Å²) in [6.07, 6.45) is 10.3. The summed E-state index contributed by atoms with van der Waals surface area (Å²) in [7, 11) is 0. The molecule has 4 aliphatic rings. The molecule has 0 aromatic rings. The Morgan fingerprint density at radius 3 is 2.73 bits per heavy atom. The molecule has 148 valence electrons. The van der Waals surface area contributed by atoms with E-state index < -0.39 is 0 Å². The van der Waals surface area contributed by atoms with Crippen LogP contribution >= 0.6 is 0 Å². The minimum absolute atomic E-state index is 0.111. The molecule has 1 heterocycles. The number of hydroxylamine groups is 1. The van der Waals surface area contributed by atoms with Crippen molar-refractivity contribution >= 4 is 5.91 Å². The van der Waals surface area contributed by atoms with Gasteiger partial charge >= 0.3 is 0 Å². The number of hydrogen-bond acceptors (Lipinski definition) is 5. The molecular weight excluding hydrogens is 330 g/mol. The third-order valence-corrected chi connectivity index (χ3v) is 7.40. The largest absolute Gasteiger partial charge is 0.396 e. The Kier molecular flexibility index (Phi) is 5.84. The van der Waals surface area contributed by atoms with Crippen LogP contribution in [0.15, 0.2) is 0 Å². The lowest BCUT2D eigenvalue weighted by atomic mass is 9.74. The summed E-state index contributed by atoms with van der Waals surface area (Å²) in [5.74, 6) is 2.61. The molecule has 0 bridgehead atoms. The predicted molar refractivity (Wildman–Crippen MR) is 98.6 cm³/mol. The van der Waals surface area contributed by atoms with E-state index in [1.54, 1.807) is 0 Å². The van der Waals surface area contributed by atoms with Gasteiger partial charge in [-0.25, -0.2) is 0 Å². The molecule has 3 saturated carbocycles. The van der Waals surface area contributed by atoms with Gasteiger partial charge in [0.2, 0.25) is 5.91 Å². The van der Waals surface area contributed by atoms with Gasteiger partial charge in [0.05, 0.1) is 6.17 Å². The van der Waals surface area contributed by atoms with Gasteiger partial charge in [0.25, 0.3) is 0 Å². The van der Waals surface area contributed by atoms with Crippen LogP contribution in [0.4, 0.5) is 0 Å². The quantitative estimate of drug-likeness (QED) is 0.612. The van der Waals surface area contributed by atoms with Gasteiger partial charge < -0.3 is 10.4 Å². The Hall–Kier alpha value is -0.690. The van der Waals surface area contributed by atoms with Crippen LogP contribution in [0.1, 0.15) is 64.7 Å². The van der Waals surface area contributed by atoms with Crippen LogP contribution in [0.3, 0.4) is 0 Å². The van der Waals surface area contributed by atoms with E-state index in [0.29, 0.717) is 23.8 Å². The molecule has 6 nitrogen and oxygen atoms in total. The van der Waals surface area contributed by atoms with E-state index in [1.165, 1.54) is 25.7 Å². The average molecular weight is 366 g/mol. The first-order valence-electron chi connectivity index (χ1n) is 10.7. The normalized spacial score (nSPS) is 46.1. The van der Waals surface area contributed by atoms with Crippen molar-refractivity contribution < 1.29 is 14.7 Å². The van der Waals surface area contributed by atoms with E-state index in [2.05, 4.69) is 23.0 Å². The third kappa shape index (κ3) is 3.93. The average Bonchev–Trinajstić information content (AvgIpc) is 3.28. The second-order valence-corrected chi connectivity index (χ2v) is 9.15. The van der Waals surface area contributed by atoms with E-state index in [1.807, 2.05) is 0 Å². The highest BCUT2D eigenvalue weighted by atomic mass is 16.7. The molecule has 4 fully saturated rings. The fourth-order valence-corrected chi connectivity index (χ4v) is 5.96. The van der Waals surface area contributed by atoms with Gasteiger partial charge in [0.15, 0.2) is 0 Å². The van der Waals surface area contributed by atoms with Crippen molar-refractivity contribution in [2.24, 2.45) is 29.6 Å². The molecule has 26 heavy (non-hydrogen) atoms. The van der Waals surface area contributed by atoms with Crippen molar-refractivity contribution in [2.45, 2.75) is 83.1 Å². The first kappa shape index (κ1) is 18.7. The molecule has 1 aliphatic heterocycles. The highest BCUT2D eigenvalue weighted by Crippen LogP contribution is 2.46. The van der Waals surface area contributed by atoms with Gasteiger partial charge in [-0.15, -0.1) is 0 Å². The first-order chi connectivity index (χ1) is 12.6. The maximum Gasteiger partial charge on any atom is 0.223 e.